The molecule has 74 heavy (non-hydrogen) atoms. The highest BCUT2D eigenvalue weighted by molar-refractivity contribution is 5.69. The van der Waals surface area contributed by atoms with Gasteiger partial charge in [-0.3, -0.25) is 4.79 Å². The highest BCUT2D eigenvalue weighted by atomic mass is 16.7. The first-order valence-corrected chi connectivity index (χ1v) is 31.4. The van der Waals surface area contributed by atoms with E-state index >= 15 is 0 Å². The molecule has 432 valence electrons. The zero-order valence-electron chi connectivity index (χ0n) is 48.1. The molecule has 1 aliphatic heterocycles. The average Bonchev–Trinajstić information content (AvgIpc) is 3.40. The molecule has 0 saturated carbocycles. The van der Waals surface area contributed by atoms with Gasteiger partial charge in [-0.25, -0.2) is 0 Å². The van der Waals surface area contributed by atoms with Crippen molar-refractivity contribution in [1.82, 2.24) is 0 Å². The SMILES string of the molecule is CC/C=C\C/C=C\C/C=C\C/C=C\CCCCCCCCCCCCCCC(=O)OC(COCCCCCCCCCCCCCCCC/C=C\CCCCCCCCCC)COC1OC(CO)C(O)C(O)C1O. The molecule has 4 N–H and O–H groups in total. The lowest BCUT2D eigenvalue weighted by molar-refractivity contribution is -0.305. The van der Waals surface area contributed by atoms with Gasteiger partial charge in [0.2, 0.25) is 0 Å². The second-order valence-corrected chi connectivity index (χ2v) is 21.5. The van der Waals surface area contributed by atoms with Crippen LogP contribution in [-0.4, -0.2) is 89.6 Å². The molecular formula is C65H118O9. The van der Waals surface area contributed by atoms with Crippen LogP contribution in [0.25, 0.3) is 0 Å². The molecule has 0 aromatic rings. The van der Waals surface area contributed by atoms with Crippen LogP contribution in [0.4, 0.5) is 0 Å². The third-order valence-electron chi connectivity index (χ3n) is 14.4. The number of hydrogen-bond acceptors (Lipinski definition) is 9. The van der Waals surface area contributed by atoms with Gasteiger partial charge in [-0.05, 0) is 77.0 Å². The van der Waals surface area contributed by atoms with Gasteiger partial charge in [-0.1, -0.05) is 261 Å². The van der Waals surface area contributed by atoms with Crippen LogP contribution < -0.4 is 0 Å². The van der Waals surface area contributed by atoms with E-state index in [0.29, 0.717) is 13.0 Å². The maximum atomic E-state index is 12.9. The summed E-state index contributed by atoms with van der Waals surface area (Å²) in [5.74, 6) is -0.312. The lowest BCUT2D eigenvalue weighted by Crippen LogP contribution is -2.59. The summed E-state index contributed by atoms with van der Waals surface area (Å²) < 4.78 is 23.0. The maximum Gasteiger partial charge on any atom is 0.306 e. The highest BCUT2D eigenvalue weighted by Crippen LogP contribution is 2.23. The zero-order chi connectivity index (χ0) is 53.5. The van der Waals surface area contributed by atoms with Crippen molar-refractivity contribution in [3.8, 4) is 0 Å². The van der Waals surface area contributed by atoms with Crippen LogP contribution in [0.2, 0.25) is 0 Å². The summed E-state index contributed by atoms with van der Waals surface area (Å²) in [7, 11) is 0. The molecule has 0 aliphatic carbocycles. The second-order valence-electron chi connectivity index (χ2n) is 21.5. The third-order valence-corrected chi connectivity index (χ3v) is 14.4. The minimum absolute atomic E-state index is 0.113. The van der Waals surface area contributed by atoms with E-state index in [-0.39, 0.29) is 19.2 Å². The zero-order valence-corrected chi connectivity index (χ0v) is 48.1. The number of carbonyl (C=O) groups is 1. The fourth-order valence-electron chi connectivity index (χ4n) is 9.60. The first-order valence-electron chi connectivity index (χ1n) is 31.4. The number of carbonyl (C=O) groups excluding carboxylic acids is 1. The normalized spacial score (nSPS) is 18.9. The van der Waals surface area contributed by atoms with Crippen molar-refractivity contribution in [1.29, 1.82) is 0 Å². The van der Waals surface area contributed by atoms with E-state index in [9.17, 15) is 25.2 Å². The molecule has 0 bridgehead atoms. The third kappa shape index (κ3) is 45.0. The van der Waals surface area contributed by atoms with E-state index in [1.807, 2.05) is 0 Å². The molecule has 0 spiro atoms. The van der Waals surface area contributed by atoms with Crippen LogP contribution in [0.3, 0.4) is 0 Å². The van der Waals surface area contributed by atoms with Gasteiger partial charge in [0, 0.05) is 13.0 Å². The summed E-state index contributed by atoms with van der Waals surface area (Å²) in [5, 5.41) is 40.4. The van der Waals surface area contributed by atoms with Crippen LogP contribution in [0.5, 0.6) is 0 Å². The van der Waals surface area contributed by atoms with Gasteiger partial charge >= 0.3 is 5.97 Å². The molecule has 9 heteroatoms. The number of hydrogen-bond donors (Lipinski definition) is 4. The number of aliphatic hydroxyl groups excluding tert-OH is 4. The highest BCUT2D eigenvalue weighted by Gasteiger charge is 2.44. The monoisotopic (exact) mass is 1040 g/mol. The number of esters is 1. The standard InChI is InChI=1S/C65H118O9/c1-3-5-7-9-11-13-15-17-19-21-23-25-27-29-31-33-35-37-39-41-43-45-47-49-51-53-55-71-57-59(58-72-65-64(70)63(69)62(68)60(56-66)74-65)73-61(67)54-52-50-48-46-44-42-40-38-36-34-32-30-28-26-24-22-20-18-16-14-12-10-8-6-4-2/h6,8,12,14,18,20-21,23-24,26,59-60,62-66,68-70H,3-5,7,9-11,13,15-17,19,22,25,27-58H2,1-2H3/b8-6-,14-12-,20-18-,23-21-,26-24-. The largest absolute Gasteiger partial charge is 0.457 e. The van der Waals surface area contributed by atoms with Gasteiger partial charge in [0.25, 0.3) is 0 Å². The Kier molecular flexibility index (Phi) is 52.6. The van der Waals surface area contributed by atoms with Crippen molar-refractivity contribution in [3.63, 3.8) is 0 Å². The summed E-state index contributed by atoms with van der Waals surface area (Å²) in [6.07, 6.45) is 67.1. The molecule has 6 atom stereocenters. The lowest BCUT2D eigenvalue weighted by atomic mass is 9.99. The topological polar surface area (TPSA) is 135 Å². The van der Waals surface area contributed by atoms with Crippen LogP contribution >= 0.6 is 0 Å². The van der Waals surface area contributed by atoms with Crippen molar-refractivity contribution >= 4 is 5.97 Å². The van der Waals surface area contributed by atoms with Crippen molar-refractivity contribution in [2.24, 2.45) is 0 Å². The molecule has 1 aliphatic rings. The number of allylic oxidation sites excluding steroid dienone is 10. The van der Waals surface area contributed by atoms with Crippen LogP contribution in [0.15, 0.2) is 60.8 Å². The number of aliphatic hydroxyl groups is 4. The number of ether oxygens (including phenoxy) is 4. The molecule has 0 aromatic heterocycles. The second kappa shape index (κ2) is 55.6. The molecule has 9 nitrogen and oxygen atoms in total. The summed E-state index contributed by atoms with van der Waals surface area (Å²) in [6.45, 7) is 4.49. The smallest absolute Gasteiger partial charge is 0.306 e. The van der Waals surface area contributed by atoms with Gasteiger partial charge in [0.15, 0.2) is 6.29 Å². The Bertz CT molecular complexity index is 1330. The Morgan fingerprint density at radius 3 is 1.26 bits per heavy atom. The number of unbranched alkanes of at least 4 members (excludes halogenated alkanes) is 34. The van der Waals surface area contributed by atoms with Gasteiger partial charge in [-0.15, -0.1) is 0 Å². The Morgan fingerprint density at radius 1 is 0.446 bits per heavy atom. The summed E-state index contributed by atoms with van der Waals surface area (Å²) in [5.41, 5.74) is 0. The molecular weight excluding hydrogens is 925 g/mol. The van der Waals surface area contributed by atoms with E-state index in [2.05, 4.69) is 74.6 Å². The molecule has 6 unspecified atom stereocenters. The van der Waals surface area contributed by atoms with Crippen LogP contribution in [0, 0.1) is 0 Å². The Balaban J connectivity index is 2.11. The van der Waals surface area contributed by atoms with Crippen molar-refractivity contribution in [2.75, 3.05) is 26.4 Å². The van der Waals surface area contributed by atoms with Gasteiger partial charge in [0.05, 0.1) is 19.8 Å². The molecule has 0 amide bonds. The Labute approximate surface area is 455 Å². The molecule has 1 heterocycles. The van der Waals surface area contributed by atoms with Crippen LogP contribution in [-0.2, 0) is 23.7 Å². The fourth-order valence-corrected chi connectivity index (χ4v) is 9.60. The predicted molar refractivity (Wildman–Crippen MR) is 311 cm³/mol. The van der Waals surface area contributed by atoms with Gasteiger partial charge in [0.1, 0.15) is 30.5 Å². The minimum Gasteiger partial charge on any atom is -0.457 e. The van der Waals surface area contributed by atoms with E-state index in [0.717, 1.165) is 57.8 Å². The van der Waals surface area contributed by atoms with E-state index in [1.165, 1.54) is 205 Å². The minimum atomic E-state index is -1.54. The Morgan fingerprint density at radius 2 is 0.824 bits per heavy atom. The fraction of sp³-hybridized carbons (Fsp3) is 0.831. The summed E-state index contributed by atoms with van der Waals surface area (Å²) in [4.78, 5) is 12.9. The van der Waals surface area contributed by atoms with E-state index in [4.69, 9.17) is 18.9 Å². The van der Waals surface area contributed by atoms with Crippen molar-refractivity contribution < 1.29 is 44.2 Å². The molecule has 0 aromatic carbocycles. The van der Waals surface area contributed by atoms with Gasteiger partial charge < -0.3 is 39.4 Å². The molecule has 1 rings (SSSR count). The first-order chi connectivity index (χ1) is 36.4. The van der Waals surface area contributed by atoms with E-state index < -0.39 is 43.4 Å². The molecule has 1 fully saturated rings. The average molecular weight is 1040 g/mol. The van der Waals surface area contributed by atoms with Gasteiger partial charge in [-0.2, -0.15) is 0 Å². The quantitative estimate of drug-likeness (QED) is 0.0267. The first kappa shape index (κ1) is 69.9. The summed E-state index contributed by atoms with van der Waals surface area (Å²) in [6, 6.07) is 0. The molecule has 1 saturated heterocycles. The van der Waals surface area contributed by atoms with Crippen molar-refractivity contribution in [2.45, 2.75) is 320 Å². The van der Waals surface area contributed by atoms with Crippen LogP contribution in [0.1, 0.15) is 284 Å². The van der Waals surface area contributed by atoms with Crippen molar-refractivity contribution in [3.05, 3.63) is 60.8 Å². The predicted octanol–water partition coefficient (Wildman–Crippen LogP) is 16.9. The number of rotatable bonds is 55. The maximum absolute atomic E-state index is 12.9. The van der Waals surface area contributed by atoms with E-state index in [1.54, 1.807) is 0 Å². The summed E-state index contributed by atoms with van der Waals surface area (Å²) >= 11 is 0. The Hall–Kier alpha value is -2.11. The lowest BCUT2D eigenvalue weighted by Gasteiger charge is -2.39. The molecule has 0 radical (unpaired) electrons.